The van der Waals surface area contributed by atoms with E-state index in [1.54, 1.807) is 23.9 Å². The molecule has 0 aliphatic carbocycles. The van der Waals surface area contributed by atoms with E-state index in [-0.39, 0.29) is 11.9 Å². The van der Waals surface area contributed by atoms with Crippen molar-refractivity contribution in [3.8, 4) is 0 Å². The summed E-state index contributed by atoms with van der Waals surface area (Å²) in [7, 11) is 0. The van der Waals surface area contributed by atoms with E-state index in [1.165, 1.54) is 4.90 Å². The molecule has 0 radical (unpaired) electrons. The number of aryl methyl sites for hydroxylation is 1. The van der Waals surface area contributed by atoms with Crippen molar-refractivity contribution in [3.05, 3.63) is 65.7 Å². The topological polar surface area (TPSA) is 70.2 Å². The molecule has 0 aliphatic rings. The van der Waals surface area contributed by atoms with Gasteiger partial charge in [0.05, 0.1) is 0 Å². The molecule has 5 nitrogen and oxygen atoms in total. The van der Waals surface area contributed by atoms with Crippen LogP contribution in [0.3, 0.4) is 0 Å². The van der Waals surface area contributed by atoms with Gasteiger partial charge in [0.15, 0.2) is 0 Å². The van der Waals surface area contributed by atoms with E-state index in [9.17, 15) is 9.59 Å². The molecule has 0 fully saturated rings. The van der Waals surface area contributed by atoms with Crippen molar-refractivity contribution < 1.29 is 9.59 Å². The van der Waals surface area contributed by atoms with E-state index in [4.69, 9.17) is 0 Å². The third-order valence-corrected chi connectivity index (χ3v) is 4.73. The highest BCUT2D eigenvalue weighted by Gasteiger charge is 2.04. The number of hydrogen-bond donors (Lipinski definition) is 3. The van der Waals surface area contributed by atoms with Gasteiger partial charge in [-0.2, -0.15) is 0 Å². The average molecular weight is 372 g/mol. The predicted molar refractivity (Wildman–Crippen MR) is 107 cm³/mol. The lowest BCUT2D eigenvalue weighted by molar-refractivity contribution is 0.0954. The van der Waals surface area contributed by atoms with Gasteiger partial charge in [-0.05, 0) is 43.4 Å². The van der Waals surface area contributed by atoms with Gasteiger partial charge >= 0.3 is 6.03 Å². The SMILES string of the molecule is Cc1ccc(C(=O)NCCNC(=O)NCCCSc2ccccc2)cc1. The fourth-order valence-electron chi connectivity index (χ4n) is 2.20. The molecule has 6 heteroatoms. The summed E-state index contributed by atoms with van der Waals surface area (Å²) in [6.45, 7) is 3.39. The van der Waals surface area contributed by atoms with Crippen LogP contribution in [0.25, 0.3) is 0 Å². The number of nitrogens with one attached hydrogen (secondary N) is 3. The van der Waals surface area contributed by atoms with Gasteiger partial charge in [0.2, 0.25) is 0 Å². The number of amides is 3. The maximum Gasteiger partial charge on any atom is 0.314 e. The van der Waals surface area contributed by atoms with Crippen LogP contribution >= 0.6 is 11.8 Å². The summed E-state index contributed by atoms with van der Waals surface area (Å²) in [5.41, 5.74) is 1.73. The zero-order valence-electron chi connectivity index (χ0n) is 15.0. The van der Waals surface area contributed by atoms with Gasteiger partial charge in [-0.3, -0.25) is 4.79 Å². The first-order valence-electron chi connectivity index (χ1n) is 8.69. The summed E-state index contributed by atoms with van der Waals surface area (Å²) in [4.78, 5) is 24.8. The summed E-state index contributed by atoms with van der Waals surface area (Å²) >= 11 is 1.78. The lowest BCUT2D eigenvalue weighted by Crippen LogP contribution is -2.40. The minimum Gasteiger partial charge on any atom is -0.350 e. The number of thioether (sulfide) groups is 1. The summed E-state index contributed by atoms with van der Waals surface area (Å²) < 4.78 is 0. The zero-order chi connectivity index (χ0) is 18.6. The molecule has 3 N–H and O–H groups in total. The highest BCUT2D eigenvalue weighted by Crippen LogP contribution is 2.17. The molecule has 0 spiro atoms. The molecule has 3 amide bonds. The van der Waals surface area contributed by atoms with Crippen LogP contribution < -0.4 is 16.0 Å². The molecule has 138 valence electrons. The number of rotatable bonds is 9. The van der Waals surface area contributed by atoms with Gasteiger partial charge in [-0.15, -0.1) is 11.8 Å². The molecule has 0 bridgehead atoms. The number of carbonyl (C=O) groups excluding carboxylic acids is 2. The Morgan fingerprint density at radius 2 is 1.50 bits per heavy atom. The van der Waals surface area contributed by atoms with Crippen LogP contribution in [0.2, 0.25) is 0 Å². The van der Waals surface area contributed by atoms with Crippen LogP contribution in [0, 0.1) is 6.92 Å². The van der Waals surface area contributed by atoms with Gasteiger partial charge in [0.1, 0.15) is 0 Å². The van der Waals surface area contributed by atoms with E-state index in [0.29, 0.717) is 25.2 Å². The van der Waals surface area contributed by atoms with Gasteiger partial charge < -0.3 is 16.0 Å². The Bertz CT molecular complexity index is 690. The monoisotopic (exact) mass is 371 g/mol. The second-order valence-electron chi connectivity index (χ2n) is 5.82. The highest BCUT2D eigenvalue weighted by atomic mass is 32.2. The van der Waals surface area contributed by atoms with E-state index >= 15 is 0 Å². The molecule has 2 rings (SSSR count). The summed E-state index contributed by atoms with van der Waals surface area (Å²) in [6, 6.07) is 17.4. The number of benzene rings is 2. The Hall–Kier alpha value is -2.47. The third kappa shape index (κ3) is 7.61. The molecule has 0 saturated heterocycles. The van der Waals surface area contributed by atoms with Crippen molar-refractivity contribution in [3.63, 3.8) is 0 Å². The van der Waals surface area contributed by atoms with E-state index in [1.807, 2.05) is 37.3 Å². The van der Waals surface area contributed by atoms with E-state index in [2.05, 4.69) is 28.1 Å². The van der Waals surface area contributed by atoms with Gasteiger partial charge in [-0.25, -0.2) is 4.79 Å². The second kappa shape index (κ2) is 11.2. The summed E-state index contributed by atoms with van der Waals surface area (Å²) in [6.07, 6.45) is 0.900. The maximum absolute atomic E-state index is 11.9. The first-order chi connectivity index (χ1) is 12.6. The van der Waals surface area contributed by atoms with Crippen LogP contribution in [0.5, 0.6) is 0 Å². The molecule has 2 aromatic rings. The maximum atomic E-state index is 11.9. The first-order valence-corrected chi connectivity index (χ1v) is 9.68. The van der Waals surface area contributed by atoms with Crippen molar-refractivity contribution in [1.29, 1.82) is 0 Å². The second-order valence-corrected chi connectivity index (χ2v) is 6.99. The largest absolute Gasteiger partial charge is 0.350 e. The zero-order valence-corrected chi connectivity index (χ0v) is 15.8. The number of hydrogen-bond acceptors (Lipinski definition) is 3. The first kappa shape index (κ1) is 19.8. The smallest absolute Gasteiger partial charge is 0.314 e. The fraction of sp³-hybridized carbons (Fsp3) is 0.300. The third-order valence-electron chi connectivity index (χ3n) is 3.63. The standard InChI is InChI=1S/C20H25N3O2S/c1-16-8-10-17(11-9-16)19(24)21-13-14-23-20(25)22-12-5-15-26-18-6-3-2-4-7-18/h2-4,6-11H,5,12-15H2,1H3,(H,21,24)(H2,22,23,25). The molecule has 0 heterocycles. The van der Waals surface area contributed by atoms with Crippen molar-refractivity contribution in [1.82, 2.24) is 16.0 Å². The van der Waals surface area contributed by atoms with Gasteiger partial charge in [-0.1, -0.05) is 35.9 Å². The molecule has 0 aliphatic heterocycles. The molecule has 0 unspecified atom stereocenters. The van der Waals surface area contributed by atoms with Crippen LogP contribution in [0.15, 0.2) is 59.5 Å². The Labute approximate surface area is 159 Å². The molecule has 0 aromatic heterocycles. The normalized spacial score (nSPS) is 10.2. The molecular weight excluding hydrogens is 346 g/mol. The quantitative estimate of drug-likeness (QED) is 0.468. The Morgan fingerprint density at radius 1 is 0.846 bits per heavy atom. The Balaban J connectivity index is 1.49. The van der Waals surface area contributed by atoms with Gasteiger partial charge in [0, 0.05) is 30.1 Å². The molecule has 26 heavy (non-hydrogen) atoms. The van der Waals surface area contributed by atoms with Crippen molar-refractivity contribution in [2.45, 2.75) is 18.2 Å². The van der Waals surface area contributed by atoms with Crippen molar-refractivity contribution >= 4 is 23.7 Å². The van der Waals surface area contributed by atoms with Crippen LogP contribution in [-0.2, 0) is 0 Å². The lowest BCUT2D eigenvalue weighted by atomic mass is 10.1. The minimum absolute atomic E-state index is 0.134. The summed E-state index contributed by atoms with van der Waals surface area (Å²) in [5.74, 6) is 0.821. The minimum atomic E-state index is -0.209. The average Bonchev–Trinajstić information content (AvgIpc) is 2.66. The molecular formula is C20H25N3O2S. The van der Waals surface area contributed by atoms with Crippen molar-refractivity contribution in [2.24, 2.45) is 0 Å². The van der Waals surface area contributed by atoms with Crippen LogP contribution in [0.4, 0.5) is 4.79 Å². The van der Waals surface area contributed by atoms with Crippen LogP contribution in [-0.4, -0.2) is 37.3 Å². The highest BCUT2D eigenvalue weighted by molar-refractivity contribution is 7.99. The predicted octanol–water partition coefficient (Wildman–Crippen LogP) is 3.21. The van der Waals surface area contributed by atoms with E-state index < -0.39 is 0 Å². The molecule has 0 atom stereocenters. The molecule has 2 aromatic carbocycles. The number of carbonyl (C=O) groups is 2. The van der Waals surface area contributed by atoms with Gasteiger partial charge in [0.25, 0.3) is 5.91 Å². The Kier molecular flexibility index (Phi) is 8.55. The summed E-state index contributed by atoms with van der Waals surface area (Å²) in [5, 5.41) is 8.34. The van der Waals surface area contributed by atoms with Crippen LogP contribution in [0.1, 0.15) is 22.3 Å². The lowest BCUT2D eigenvalue weighted by Gasteiger charge is -2.09. The van der Waals surface area contributed by atoms with E-state index in [0.717, 1.165) is 17.7 Å². The fourth-order valence-corrected chi connectivity index (χ4v) is 3.08. The van der Waals surface area contributed by atoms with Crippen molar-refractivity contribution in [2.75, 3.05) is 25.4 Å². The molecule has 0 saturated carbocycles. The Morgan fingerprint density at radius 3 is 2.23 bits per heavy atom. The number of urea groups is 1.